The normalized spacial score (nSPS) is 23.5. The van der Waals surface area contributed by atoms with Gasteiger partial charge in [-0.25, -0.2) is 14.8 Å². The maximum Gasteiger partial charge on any atom is 0.490 e. The van der Waals surface area contributed by atoms with Gasteiger partial charge in [-0.05, 0) is 18.9 Å². The first-order valence-corrected chi connectivity index (χ1v) is 9.77. The Kier molecular flexibility index (Phi) is 7.44. The van der Waals surface area contributed by atoms with Crippen molar-refractivity contribution in [3.05, 3.63) is 36.4 Å². The van der Waals surface area contributed by atoms with Gasteiger partial charge in [-0.1, -0.05) is 0 Å². The summed E-state index contributed by atoms with van der Waals surface area (Å²) in [6.45, 7) is 3.31. The van der Waals surface area contributed by atoms with Gasteiger partial charge in [0.25, 0.3) is 0 Å². The van der Waals surface area contributed by atoms with E-state index in [4.69, 9.17) is 19.4 Å². The van der Waals surface area contributed by atoms with E-state index in [-0.39, 0.29) is 6.10 Å². The maximum atomic E-state index is 10.6. The minimum Gasteiger partial charge on any atom is -0.475 e. The molecular weight excluding hydrogens is 419 g/mol. The van der Waals surface area contributed by atoms with Gasteiger partial charge in [-0.3, -0.25) is 9.58 Å². The summed E-state index contributed by atoms with van der Waals surface area (Å²) in [6, 6.07) is 2.70. The Morgan fingerprint density at radius 3 is 2.65 bits per heavy atom. The Hall–Kier alpha value is -2.73. The van der Waals surface area contributed by atoms with E-state index in [1.165, 1.54) is 5.56 Å². The van der Waals surface area contributed by atoms with Crippen LogP contribution in [0.15, 0.2) is 30.9 Å². The van der Waals surface area contributed by atoms with Crippen LogP contribution >= 0.6 is 0 Å². The van der Waals surface area contributed by atoms with Crippen molar-refractivity contribution in [2.24, 2.45) is 13.0 Å². The summed E-state index contributed by atoms with van der Waals surface area (Å²) >= 11 is 0. The van der Waals surface area contributed by atoms with Gasteiger partial charge in [0.1, 0.15) is 0 Å². The van der Waals surface area contributed by atoms with Crippen LogP contribution in [0.25, 0.3) is 0 Å². The molecule has 31 heavy (non-hydrogen) atoms. The summed E-state index contributed by atoms with van der Waals surface area (Å²) in [6.07, 6.45) is 4.86. The summed E-state index contributed by atoms with van der Waals surface area (Å²) in [5, 5.41) is 11.4. The average molecular weight is 443 g/mol. The third-order valence-electron chi connectivity index (χ3n) is 5.19. The largest absolute Gasteiger partial charge is 0.490 e. The number of nitrogens with zero attached hydrogens (tertiary/aromatic N) is 5. The van der Waals surface area contributed by atoms with Gasteiger partial charge in [0, 0.05) is 56.3 Å². The number of aryl methyl sites for hydroxylation is 1. The van der Waals surface area contributed by atoms with Crippen LogP contribution in [0.5, 0.6) is 6.01 Å². The zero-order valence-electron chi connectivity index (χ0n) is 16.9. The molecule has 12 heteroatoms. The molecule has 0 radical (unpaired) electrons. The van der Waals surface area contributed by atoms with Crippen LogP contribution in [-0.2, 0) is 23.1 Å². The number of carboxylic acids is 1. The predicted molar refractivity (Wildman–Crippen MR) is 101 cm³/mol. The van der Waals surface area contributed by atoms with Crippen LogP contribution in [0.4, 0.5) is 13.2 Å². The first kappa shape index (κ1) is 22.9. The summed E-state index contributed by atoms with van der Waals surface area (Å²) in [5.74, 6) is -2.36. The van der Waals surface area contributed by atoms with Crippen molar-refractivity contribution in [2.45, 2.75) is 37.7 Å². The number of morpholine rings is 1. The smallest absolute Gasteiger partial charge is 0.475 e. The molecule has 0 aromatic carbocycles. The molecule has 2 aromatic heterocycles. The second kappa shape index (κ2) is 10.1. The number of alkyl halides is 3. The number of carbonyl (C=O) groups is 1. The molecule has 2 fully saturated rings. The zero-order chi connectivity index (χ0) is 22.4. The molecule has 1 N–H and O–H groups in total. The van der Waals surface area contributed by atoms with E-state index in [1.807, 2.05) is 17.9 Å². The van der Waals surface area contributed by atoms with Gasteiger partial charge >= 0.3 is 18.2 Å². The molecule has 1 saturated heterocycles. The number of rotatable bonds is 5. The van der Waals surface area contributed by atoms with Gasteiger partial charge in [0.2, 0.25) is 0 Å². The predicted octanol–water partition coefficient (Wildman–Crippen LogP) is 1.90. The molecule has 3 atom stereocenters. The van der Waals surface area contributed by atoms with E-state index in [2.05, 4.69) is 26.2 Å². The lowest BCUT2D eigenvalue weighted by molar-refractivity contribution is -0.192. The molecule has 2 aromatic rings. The van der Waals surface area contributed by atoms with Gasteiger partial charge in [-0.15, -0.1) is 0 Å². The van der Waals surface area contributed by atoms with E-state index < -0.39 is 12.1 Å². The van der Waals surface area contributed by atoms with E-state index in [0.717, 1.165) is 32.5 Å². The topological polar surface area (TPSA) is 103 Å². The lowest BCUT2D eigenvalue weighted by Gasteiger charge is -2.39. The van der Waals surface area contributed by atoms with Crippen LogP contribution < -0.4 is 4.74 Å². The van der Waals surface area contributed by atoms with Crippen LogP contribution in [-0.4, -0.2) is 73.8 Å². The van der Waals surface area contributed by atoms with E-state index in [1.54, 1.807) is 18.5 Å². The molecule has 3 heterocycles. The lowest BCUT2D eigenvalue weighted by atomic mass is 10.0. The number of halogens is 3. The molecule has 0 bridgehead atoms. The van der Waals surface area contributed by atoms with Gasteiger partial charge in [0.05, 0.1) is 25.5 Å². The molecule has 170 valence electrons. The summed E-state index contributed by atoms with van der Waals surface area (Å²) in [4.78, 5) is 19.7. The quantitative estimate of drug-likeness (QED) is 0.748. The average Bonchev–Trinajstić information content (AvgIpc) is 3.33. The fourth-order valence-electron chi connectivity index (χ4n) is 3.84. The van der Waals surface area contributed by atoms with Crippen molar-refractivity contribution in [2.75, 3.05) is 19.8 Å². The summed E-state index contributed by atoms with van der Waals surface area (Å²) in [5.41, 5.74) is 1.26. The highest BCUT2D eigenvalue weighted by atomic mass is 19.4. The molecule has 4 rings (SSSR count). The van der Waals surface area contributed by atoms with Crippen molar-refractivity contribution in [1.29, 1.82) is 0 Å². The monoisotopic (exact) mass is 443 g/mol. The van der Waals surface area contributed by atoms with E-state index in [9.17, 15) is 13.2 Å². The van der Waals surface area contributed by atoms with Crippen LogP contribution in [0.2, 0.25) is 0 Å². The minimum atomic E-state index is -5.08. The lowest BCUT2D eigenvalue weighted by Crippen LogP contribution is -2.50. The van der Waals surface area contributed by atoms with Gasteiger partial charge in [-0.2, -0.15) is 18.3 Å². The van der Waals surface area contributed by atoms with Crippen LogP contribution in [0.1, 0.15) is 18.4 Å². The molecule has 1 aliphatic carbocycles. The second-order valence-corrected chi connectivity index (χ2v) is 7.38. The number of aliphatic carboxylic acids is 1. The van der Waals surface area contributed by atoms with Crippen LogP contribution in [0.3, 0.4) is 0 Å². The minimum absolute atomic E-state index is 0.235. The third-order valence-corrected chi connectivity index (χ3v) is 5.19. The highest BCUT2D eigenvalue weighted by Gasteiger charge is 2.43. The van der Waals surface area contributed by atoms with Gasteiger partial charge in [0.15, 0.2) is 0 Å². The standard InChI is InChI=1S/C17H23N5O2.C2HF3O2/c1-21-10-13(9-20-21)11-22-7-8-23-16-14(3-4-15(16)22)12-24-17-18-5-2-6-19-17;3-2(4,5)1(6)7/h2,5-6,9-10,14-16H,3-4,7-8,11-12H2,1H3;(H,6,7). The molecule has 1 aliphatic heterocycles. The third kappa shape index (κ3) is 6.37. The summed E-state index contributed by atoms with van der Waals surface area (Å²) < 4.78 is 45.5. The molecule has 3 unspecified atom stereocenters. The second-order valence-electron chi connectivity index (χ2n) is 7.38. The van der Waals surface area contributed by atoms with E-state index >= 15 is 0 Å². The number of ether oxygens (including phenoxy) is 2. The Morgan fingerprint density at radius 2 is 2.03 bits per heavy atom. The SMILES string of the molecule is Cn1cc(CN2CCOC3C(COc4ncccn4)CCC32)cn1.O=C(O)C(F)(F)F. The molecule has 0 spiro atoms. The summed E-state index contributed by atoms with van der Waals surface area (Å²) in [7, 11) is 1.96. The maximum absolute atomic E-state index is 10.6. The number of hydrogen-bond donors (Lipinski definition) is 1. The Balaban J connectivity index is 0.000000339. The number of hydrogen-bond acceptors (Lipinski definition) is 7. The van der Waals surface area contributed by atoms with Crippen molar-refractivity contribution >= 4 is 5.97 Å². The van der Waals surface area contributed by atoms with Crippen LogP contribution in [0, 0.1) is 5.92 Å². The molecule has 2 aliphatic rings. The number of carboxylic acid groups (broad SMARTS) is 1. The Bertz CT molecular complexity index is 849. The highest BCUT2D eigenvalue weighted by Crippen LogP contribution is 2.35. The Labute approximate surface area is 176 Å². The molecule has 1 saturated carbocycles. The molecule has 9 nitrogen and oxygen atoms in total. The van der Waals surface area contributed by atoms with Crippen molar-refractivity contribution in [3.63, 3.8) is 0 Å². The van der Waals surface area contributed by atoms with Crippen molar-refractivity contribution in [3.8, 4) is 6.01 Å². The number of aromatic nitrogens is 4. The first-order valence-electron chi connectivity index (χ1n) is 9.77. The zero-order valence-corrected chi connectivity index (χ0v) is 16.9. The Morgan fingerprint density at radius 1 is 1.32 bits per heavy atom. The number of fused-ring (bicyclic) bond motifs is 1. The molecular formula is C19H24F3N5O4. The first-order chi connectivity index (χ1) is 14.7. The highest BCUT2D eigenvalue weighted by molar-refractivity contribution is 5.73. The fourth-order valence-corrected chi connectivity index (χ4v) is 3.84. The van der Waals surface area contributed by atoms with Gasteiger partial charge < -0.3 is 14.6 Å². The fraction of sp³-hybridized carbons (Fsp3) is 0.579. The molecule has 0 amide bonds. The van der Waals surface area contributed by atoms with E-state index in [0.29, 0.717) is 24.6 Å². The van der Waals surface area contributed by atoms with Crippen molar-refractivity contribution in [1.82, 2.24) is 24.6 Å². The van der Waals surface area contributed by atoms with Crippen molar-refractivity contribution < 1.29 is 32.5 Å².